The van der Waals surface area contributed by atoms with E-state index in [1.54, 1.807) is 0 Å². The number of hydrogen-bond acceptors (Lipinski definition) is 4. The summed E-state index contributed by atoms with van der Waals surface area (Å²) >= 11 is 2.08. The first-order chi connectivity index (χ1) is 8.19. The van der Waals surface area contributed by atoms with Crippen LogP contribution in [0.25, 0.3) is 0 Å². The summed E-state index contributed by atoms with van der Waals surface area (Å²) in [4.78, 5) is 5.13. The van der Waals surface area contributed by atoms with Crippen LogP contribution in [0.15, 0.2) is 0 Å². The van der Waals surface area contributed by atoms with E-state index in [0.29, 0.717) is 5.25 Å². The molecule has 2 atom stereocenters. The highest BCUT2D eigenvalue weighted by molar-refractivity contribution is 8.00. The monoisotopic (exact) mass is 257 g/mol. The molecule has 2 saturated heterocycles. The Bertz CT molecular complexity index is 243. The van der Waals surface area contributed by atoms with E-state index in [0.717, 1.165) is 6.54 Å². The van der Waals surface area contributed by atoms with Crippen molar-refractivity contribution < 1.29 is 0 Å². The van der Waals surface area contributed by atoms with Crippen LogP contribution in [-0.2, 0) is 0 Å². The molecule has 0 aromatic heterocycles. The van der Waals surface area contributed by atoms with Crippen molar-refractivity contribution in [3.63, 3.8) is 0 Å². The predicted molar refractivity (Wildman–Crippen MR) is 76.6 cm³/mol. The van der Waals surface area contributed by atoms with Crippen LogP contribution in [0.2, 0.25) is 0 Å². The molecule has 2 aliphatic rings. The lowest BCUT2D eigenvalue weighted by molar-refractivity contribution is 0.115. The number of nitrogens with zero attached hydrogens (tertiary/aromatic N) is 2. The summed E-state index contributed by atoms with van der Waals surface area (Å²) in [5.74, 6) is 1.27. The van der Waals surface area contributed by atoms with E-state index >= 15 is 0 Å². The Morgan fingerprint density at radius 3 is 2.65 bits per heavy atom. The van der Waals surface area contributed by atoms with Gasteiger partial charge in [-0.3, -0.25) is 4.90 Å². The zero-order valence-electron chi connectivity index (χ0n) is 11.3. The smallest absolute Gasteiger partial charge is 0.0452 e. The van der Waals surface area contributed by atoms with Gasteiger partial charge >= 0.3 is 0 Å². The molecular weight excluding hydrogens is 230 g/mol. The van der Waals surface area contributed by atoms with Gasteiger partial charge in [-0.2, -0.15) is 11.8 Å². The number of rotatable bonds is 5. The fourth-order valence-electron chi connectivity index (χ4n) is 3.22. The first-order valence-electron chi connectivity index (χ1n) is 6.94. The Morgan fingerprint density at radius 2 is 2.12 bits per heavy atom. The Labute approximate surface area is 110 Å². The van der Waals surface area contributed by atoms with Gasteiger partial charge < -0.3 is 10.6 Å². The van der Waals surface area contributed by atoms with E-state index in [4.69, 9.17) is 5.73 Å². The van der Waals surface area contributed by atoms with E-state index in [1.165, 1.54) is 51.2 Å². The maximum absolute atomic E-state index is 6.08. The van der Waals surface area contributed by atoms with Crippen LogP contribution >= 0.6 is 11.8 Å². The standard InChI is InChI=1S/C13H27N3S/c1-12-13(11-14,5-10-17-12)15(2)8-9-16-6-3-4-7-16/h12H,3-11,14H2,1-2H3. The van der Waals surface area contributed by atoms with Gasteiger partial charge in [0.05, 0.1) is 0 Å². The SMILES string of the molecule is CC1SCCC1(CN)N(C)CCN1CCCC1. The average Bonchev–Trinajstić information content (AvgIpc) is 2.95. The lowest BCUT2D eigenvalue weighted by Gasteiger charge is -2.41. The van der Waals surface area contributed by atoms with Crippen molar-refractivity contribution in [2.24, 2.45) is 5.73 Å². The van der Waals surface area contributed by atoms with Crippen LogP contribution in [-0.4, -0.2) is 66.1 Å². The van der Waals surface area contributed by atoms with Gasteiger partial charge in [0.15, 0.2) is 0 Å². The third-order valence-electron chi connectivity index (χ3n) is 4.72. The second kappa shape index (κ2) is 5.91. The lowest BCUT2D eigenvalue weighted by atomic mass is 9.91. The van der Waals surface area contributed by atoms with Crippen molar-refractivity contribution in [1.82, 2.24) is 9.80 Å². The highest BCUT2D eigenvalue weighted by Crippen LogP contribution is 2.38. The van der Waals surface area contributed by atoms with Gasteiger partial charge in [-0.15, -0.1) is 0 Å². The first kappa shape index (κ1) is 13.7. The first-order valence-corrected chi connectivity index (χ1v) is 7.99. The van der Waals surface area contributed by atoms with Crippen LogP contribution < -0.4 is 5.73 Å². The minimum atomic E-state index is 0.254. The van der Waals surface area contributed by atoms with Crippen LogP contribution in [0.5, 0.6) is 0 Å². The van der Waals surface area contributed by atoms with Gasteiger partial charge in [0.1, 0.15) is 0 Å². The molecule has 2 N–H and O–H groups in total. The van der Waals surface area contributed by atoms with Crippen molar-refractivity contribution in [3.05, 3.63) is 0 Å². The second-order valence-electron chi connectivity index (χ2n) is 5.54. The van der Waals surface area contributed by atoms with E-state index in [1.807, 2.05) is 0 Å². The third-order valence-corrected chi connectivity index (χ3v) is 6.10. The number of likely N-dealkylation sites (tertiary alicyclic amines) is 1. The molecule has 4 heteroatoms. The van der Waals surface area contributed by atoms with Crippen molar-refractivity contribution in [2.45, 2.75) is 37.0 Å². The highest BCUT2D eigenvalue weighted by atomic mass is 32.2. The van der Waals surface area contributed by atoms with Gasteiger partial charge in [0.2, 0.25) is 0 Å². The minimum absolute atomic E-state index is 0.254. The quantitative estimate of drug-likeness (QED) is 0.803. The fourth-order valence-corrected chi connectivity index (χ4v) is 4.75. The van der Waals surface area contributed by atoms with E-state index in [-0.39, 0.29) is 5.54 Å². The molecule has 0 amide bonds. The normalized spacial score (nSPS) is 34.9. The van der Waals surface area contributed by atoms with Crippen LogP contribution in [0.1, 0.15) is 26.2 Å². The Kier molecular flexibility index (Phi) is 4.75. The molecule has 0 aliphatic carbocycles. The maximum Gasteiger partial charge on any atom is 0.0452 e. The maximum atomic E-state index is 6.08. The molecule has 2 unspecified atom stereocenters. The molecule has 2 fully saturated rings. The number of hydrogen-bond donors (Lipinski definition) is 1. The number of likely N-dealkylation sites (N-methyl/N-ethyl adjacent to an activating group) is 1. The van der Waals surface area contributed by atoms with Gasteiger partial charge in [0.25, 0.3) is 0 Å². The molecule has 2 rings (SSSR count). The average molecular weight is 257 g/mol. The molecule has 0 aromatic rings. The van der Waals surface area contributed by atoms with Crippen molar-refractivity contribution in [1.29, 1.82) is 0 Å². The summed E-state index contributed by atoms with van der Waals surface area (Å²) < 4.78 is 0. The van der Waals surface area contributed by atoms with Gasteiger partial charge in [-0.05, 0) is 45.2 Å². The van der Waals surface area contributed by atoms with Crippen LogP contribution in [0, 0.1) is 0 Å². The predicted octanol–water partition coefficient (Wildman–Crippen LogP) is 1.24. The van der Waals surface area contributed by atoms with Gasteiger partial charge in [-0.1, -0.05) is 6.92 Å². The largest absolute Gasteiger partial charge is 0.329 e. The highest BCUT2D eigenvalue weighted by Gasteiger charge is 2.42. The molecule has 0 aromatic carbocycles. The summed E-state index contributed by atoms with van der Waals surface area (Å²) in [7, 11) is 2.27. The summed E-state index contributed by atoms with van der Waals surface area (Å²) in [6.45, 7) is 8.13. The summed E-state index contributed by atoms with van der Waals surface area (Å²) in [6, 6.07) is 0. The van der Waals surface area contributed by atoms with Gasteiger partial charge in [-0.25, -0.2) is 0 Å². The van der Waals surface area contributed by atoms with E-state index in [9.17, 15) is 0 Å². The molecule has 0 spiro atoms. The van der Waals surface area contributed by atoms with Crippen LogP contribution in [0.3, 0.4) is 0 Å². The molecule has 0 radical (unpaired) electrons. The van der Waals surface area contributed by atoms with Crippen molar-refractivity contribution in [3.8, 4) is 0 Å². The molecule has 0 bridgehead atoms. The Morgan fingerprint density at radius 1 is 1.41 bits per heavy atom. The van der Waals surface area contributed by atoms with E-state index in [2.05, 4.69) is 35.5 Å². The molecular formula is C13H27N3S. The topological polar surface area (TPSA) is 32.5 Å². The van der Waals surface area contributed by atoms with E-state index < -0.39 is 0 Å². The van der Waals surface area contributed by atoms with Crippen LogP contribution in [0.4, 0.5) is 0 Å². The molecule has 2 heterocycles. The summed E-state index contributed by atoms with van der Waals surface area (Å²) in [5, 5.41) is 0.677. The summed E-state index contributed by atoms with van der Waals surface area (Å²) in [5.41, 5.74) is 6.33. The second-order valence-corrected chi connectivity index (χ2v) is 6.99. The zero-order chi connectivity index (χ0) is 12.3. The zero-order valence-corrected chi connectivity index (χ0v) is 12.1. The molecule has 17 heavy (non-hydrogen) atoms. The minimum Gasteiger partial charge on any atom is -0.329 e. The lowest BCUT2D eigenvalue weighted by Crippen LogP contribution is -2.57. The molecule has 2 aliphatic heterocycles. The number of nitrogens with two attached hydrogens (primary N) is 1. The fraction of sp³-hybridized carbons (Fsp3) is 1.00. The van der Waals surface area contributed by atoms with Gasteiger partial charge in [0, 0.05) is 30.4 Å². The third kappa shape index (κ3) is 2.80. The number of thioether (sulfide) groups is 1. The van der Waals surface area contributed by atoms with Crippen molar-refractivity contribution >= 4 is 11.8 Å². The Hall–Kier alpha value is 0.230. The molecule has 0 saturated carbocycles. The summed E-state index contributed by atoms with van der Waals surface area (Å²) in [6.07, 6.45) is 4.03. The molecule has 3 nitrogen and oxygen atoms in total. The Balaban J connectivity index is 1.86. The molecule has 100 valence electrons. The van der Waals surface area contributed by atoms with Crippen molar-refractivity contribution in [2.75, 3.05) is 45.5 Å².